The van der Waals surface area contributed by atoms with Crippen LogP contribution in [0.4, 0.5) is 35.9 Å². The van der Waals surface area contributed by atoms with Crippen molar-refractivity contribution in [3.05, 3.63) is 83.9 Å². The first kappa shape index (κ1) is 36.9. The normalized spacial score (nSPS) is 28.3. The van der Waals surface area contributed by atoms with Crippen LogP contribution in [0, 0.1) is 17.8 Å². The first-order valence-corrected chi connectivity index (χ1v) is 18.1. The number of nitrogens with zero attached hydrogens (tertiary/aromatic N) is 5. The summed E-state index contributed by atoms with van der Waals surface area (Å²) < 4.78 is 43.9. The number of benzene rings is 3. The van der Waals surface area contributed by atoms with E-state index < -0.39 is 74.9 Å². The van der Waals surface area contributed by atoms with Crippen molar-refractivity contribution < 1.29 is 42.2 Å². The van der Waals surface area contributed by atoms with Gasteiger partial charge in [-0.2, -0.15) is 10.2 Å². The minimum atomic E-state index is -5.10. The number of ether oxygens (including phenoxy) is 1. The molecule has 2 aliphatic heterocycles. The van der Waals surface area contributed by atoms with Crippen molar-refractivity contribution in [2.75, 3.05) is 29.3 Å². The lowest BCUT2D eigenvalue weighted by molar-refractivity contribution is -0.274. The molecule has 3 aromatic carbocycles. The Morgan fingerprint density at radius 3 is 2.13 bits per heavy atom. The number of alkyl halides is 6. The van der Waals surface area contributed by atoms with Crippen LogP contribution in [0.2, 0.25) is 0 Å². The fourth-order valence-electron chi connectivity index (χ4n) is 7.92. The number of hydrogen-bond acceptors (Lipinski definition) is 9. The van der Waals surface area contributed by atoms with Gasteiger partial charge in [0.1, 0.15) is 11.5 Å². The summed E-state index contributed by atoms with van der Waals surface area (Å²) in [6.07, 6.45) is -3.84. The van der Waals surface area contributed by atoms with Gasteiger partial charge in [0, 0.05) is 31.3 Å². The minimum Gasteiger partial charge on any atom is -0.508 e. The predicted octanol–water partition coefficient (Wildman–Crippen LogP) is 7.69. The highest BCUT2D eigenvalue weighted by molar-refractivity contribution is 9.09. The van der Waals surface area contributed by atoms with Gasteiger partial charge in [0.15, 0.2) is 9.75 Å². The second-order valence-corrected chi connectivity index (χ2v) is 15.1. The molecule has 0 spiro atoms. The number of halogens is 6. The Morgan fingerprint density at radius 1 is 0.925 bits per heavy atom. The number of carbonyl (C=O) groups is 4. The molecule has 0 bridgehead atoms. The quantitative estimate of drug-likeness (QED) is 0.0849. The SMILES string of the molecule is CN(C)c1ccc(N=Nc2ccc(N3C(=O)C4CC=C5C(CC6(Cl)C(=O)N(CBr)C(=O)C6(Cl)C5c5cc(OC(F)(F)F)ccc5O)C4C3=O)cc2)cc1. The minimum absolute atomic E-state index is 0.000956. The summed E-state index contributed by atoms with van der Waals surface area (Å²) in [5, 5.41) is 19.6. The topological polar surface area (TPSA) is 132 Å². The van der Waals surface area contributed by atoms with Gasteiger partial charge in [-0.15, -0.1) is 36.4 Å². The fourth-order valence-corrected chi connectivity index (χ4v) is 9.33. The highest BCUT2D eigenvalue weighted by Crippen LogP contribution is 2.66. The summed E-state index contributed by atoms with van der Waals surface area (Å²) in [6, 6.07) is 16.4. The van der Waals surface area contributed by atoms with Gasteiger partial charge in [0.25, 0.3) is 11.8 Å². The second-order valence-electron chi connectivity index (χ2n) is 13.4. The number of rotatable bonds is 7. The van der Waals surface area contributed by atoms with Crippen LogP contribution in [0.1, 0.15) is 24.3 Å². The molecule has 276 valence electrons. The molecule has 53 heavy (non-hydrogen) atoms. The fraction of sp³-hybridized carbons (Fsp3) is 0.333. The van der Waals surface area contributed by atoms with E-state index in [0.29, 0.717) is 11.4 Å². The summed E-state index contributed by atoms with van der Waals surface area (Å²) in [5.41, 5.74) is 2.05. The van der Waals surface area contributed by atoms with E-state index in [1.165, 1.54) is 0 Å². The van der Waals surface area contributed by atoms with Crippen molar-refractivity contribution in [2.24, 2.45) is 28.0 Å². The number of hydrogen-bond donors (Lipinski definition) is 1. The van der Waals surface area contributed by atoms with E-state index in [9.17, 15) is 37.5 Å². The Labute approximate surface area is 319 Å². The zero-order valence-electron chi connectivity index (χ0n) is 27.9. The van der Waals surface area contributed by atoms with E-state index in [1.54, 1.807) is 30.3 Å². The van der Waals surface area contributed by atoms with E-state index in [1.807, 2.05) is 43.3 Å². The molecule has 0 aromatic heterocycles. The maximum atomic E-state index is 14.3. The number of phenolic OH excluding ortho intramolecular Hbond substituents is 1. The average Bonchev–Trinajstić information content (AvgIpc) is 3.45. The van der Waals surface area contributed by atoms with Crippen LogP contribution in [0.15, 0.2) is 88.6 Å². The number of fused-ring (bicyclic) bond motifs is 4. The molecule has 2 saturated heterocycles. The largest absolute Gasteiger partial charge is 0.573 e. The van der Waals surface area contributed by atoms with Gasteiger partial charge in [-0.05, 0) is 85.5 Å². The van der Waals surface area contributed by atoms with Gasteiger partial charge in [0.05, 0.1) is 34.4 Å². The Morgan fingerprint density at radius 2 is 1.55 bits per heavy atom. The van der Waals surface area contributed by atoms with Gasteiger partial charge < -0.3 is 14.7 Å². The zero-order valence-corrected chi connectivity index (χ0v) is 30.9. The summed E-state index contributed by atoms with van der Waals surface area (Å²) in [5.74, 6) is -8.66. The summed E-state index contributed by atoms with van der Waals surface area (Å²) in [7, 11) is 3.84. The van der Waals surface area contributed by atoms with Gasteiger partial charge >= 0.3 is 6.36 Å². The van der Waals surface area contributed by atoms with Crippen molar-refractivity contribution in [1.82, 2.24) is 4.90 Å². The van der Waals surface area contributed by atoms with E-state index in [0.717, 1.165) is 33.7 Å². The summed E-state index contributed by atoms with van der Waals surface area (Å²) in [4.78, 5) is 55.3. The highest BCUT2D eigenvalue weighted by atomic mass is 79.9. The maximum absolute atomic E-state index is 14.3. The molecule has 1 N–H and O–H groups in total. The molecular weight excluding hydrogens is 806 g/mol. The zero-order chi connectivity index (χ0) is 38.2. The van der Waals surface area contributed by atoms with Crippen molar-refractivity contribution in [2.45, 2.75) is 34.9 Å². The Kier molecular flexibility index (Phi) is 9.13. The first-order valence-electron chi connectivity index (χ1n) is 16.3. The van der Waals surface area contributed by atoms with E-state index in [-0.39, 0.29) is 35.1 Å². The van der Waals surface area contributed by atoms with Crippen LogP contribution in [0.5, 0.6) is 11.5 Å². The van der Waals surface area contributed by atoms with Crippen molar-refractivity contribution in [3.8, 4) is 11.5 Å². The monoisotopic (exact) mass is 833 g/mol. The molecular formula is C36H29BrCl2F3N5O6. The molecule has 1 saturated carbocycles. The van der Waals surface area contributed by atoms with Crippen LogP contribution in [-0.4, -0.2) is 69.3 Å². The van der Waals surface area contributed by atoms with Gasteiger partial charge in [-0.3, -0.25) is 29.0 Å². The number of amides is 4. The van der Waals surface area contributed by atoms with Crippen molar-refractivity contribution in [1.29, 1.82) is 0 Å². The number of phenols is 1. The molecule has 4 aliphatic rings. The number of allylic oxidation sites excluding steroid dienone is 2. The third-order valence-corrected chi connectivity index (χ3v) is 12.2. The lowest BCUT2D eigenvalue weighted by Crippen LogP contribution is -2.60. The van der Waals surface area contributed by atoms with Crippen molar-refractivity contribution in [3.63, 3.8) is 0 Å². The number of azo groups is 1. The smallest absolute Gasteiger partial charge is 0.508 e. The predicted molar refractivity (Wildman–Crippen MR) is 192 cm³/mol. The van der Waals surface area contributed by atoms with E-state index in [4.69, 9.17) is 23.2 Å². The van der Waals surface area contributed by atoms with Gasteiger partial charge in [0.2, 0.25) is 11.8 Å². The number of anilines is 2. The molecule has 4 amide bonds. The molecule has 7 rings (SSSR count). The highest BCUT2D eigenvalue weighted by Gasteiger charge is 2.76. The number of carbonyl (C=O) groups excluding carboxylic acids is 4. The maximum Gasteiger partial charge on any atom is 0.573 e. The average molecular weight is 835 g/mol. The van der Waals surface area contributed by atoms with Gasteiger partial charge in [-0.1, -0.05) is 27.6 Å². The molecule has 6 unspecified atom stereocenters. The van der Waals surface area contributed by atoms with E-state index >= 15 is 0 Å². The standard InChI is InChI=1S/C36H29BrCl2F3N5O6/c1-45(2)20-7-3-18(4-8-20)43-44-19-5-9-21(10-6-19)47-30(49)24-13-12-23-26(28(24)31(47)50)16-34(38)32(51)46(17-37)33(52)35(34,39)29(23)25-15-22(11-14-27(25)48)53-36(40,41)42/h3-12,14-15,24,26,28-29,48H,13,16-17H2,1-2H3. The molecule has 2 heterocycles. The van der Waals surface area contributed by atoms with Crippen LogP contribution in [0.25, 0.3) is 0 Å². The molecule has 2 aliphatic carbocycles. The van der Waals surface area contributed by atoms with Crippen LogP contribution in [-0.2, 0) is 19.2 Å². The van der Waals surface area contributed by atoms with Crippen molar-refractivity contribution >= 4 is 85.5 Å². The first-order chi connectivity index (χ1) is 25.0. The van der Waals surface area contributed by atoms with Crippen LogP contribution < -0.4 is 14.5 Å². The number of aromatic hydroxyl groups is 1. The molecule has 11 nitrogen and oxygen atoms in total. The lowest BCUT2D eigenvalue weighted by Gasteiger charge is -2.50. The molecule has 6 atom stereocenters. The van der Waals surface area contributed by atoms with Crippen LogP contribution in [0.3, 0.4) is 0 Å². The summed E-state index contributed by atoms with van der Waals surface area (Å²) in [6.45, 7) is 0. The second kappa shape index (κ2) is 13.1. The Balaban J connectivity index is 1.24. The Hall–Kier alpha value is -4.47. The Bertz CT molecular complexity index is 2100. The molecule has 17 heteroatoms. The molecule has 0 radical (unpaired) electrons. The summed E-state index contributed by atoms with van der Waals surface area (Å²) >= 11 is 17.4. The molecule has 3 fully saturated rings. The van der Waals surface area contributed by atoms with Crippen LogP contribution >= 0.6 is 39.1 Å². The van der Waals surface area contributed by atoms with Gasteiger partial charge in [-0.25, -0.2) is 0 Å². The lowest BCUT2D eigenvalue weighted by atomic mass is 9.56. The number of imide groups is 2. The number of likely N-dealkylation sites (tertiary alicyclic amines) is 1. The third kappa shape index (κ3) is 5.87. The van der Waals surface area contributed by atoms with E-state index in [2.05, 4.69) is 30.9 Å². The molecule has 3 aromatic rings. The third-order valence-electron chi connectivity index (χ3n) is 10.3.